The number of rotatable bonds is 4. The molecule has 0 aliphatic rings. The summed E-state index contributed by atoms with van der Waals surface area (Å²) in [7, 11) is 0. The minimum absolute atomic E-state index is 0.232. The average molecular weight is 259 g/mol. The molecule has 0 aliphatic carbocycles. The smallest absolute Gasteiger partial charge is 0.241 e. The lowest BCUT2D eigenvalue weighted by atomic mass is 10.1. The molecule has 0 spiro atoms. The van der Waals surface area contributed by atoms with Gasteiger partial charge < -0.3 is 15.6 Å². The van der Waals surface area contributed by atoms with Gasteiger partial charge in [-0.2, -0.15) is 0 Å². The van der Waals surface area contributed by atoms with E-state index in [2.05, 4.69) is 10.5 Å². The number of carbonyl (C=O) groups excluding carboxylic acids is 1. The number of nitrogens with one attached hydrogen (secondary N) is 1. The molecule has 2 rings (SSSR count). The van der Waals surface area contributed by atoms with E-state index >= 15 is 0 Å². The maximum Gasteiger partial charge on any atom is 0.241 e. The molecule has 19 heavy (non-hydrogen) atoms. The van der Waals surface area contributed by atoms with E-state index in [1.165, 1.54) is 0 Å². The fraction of sp³-hybridized carbons (Fsp3) is 0.286. The minimum Gasteiger partial charge on any atom is -0.361 e. The number of aryl methyl sites for hydroxylation is 2. The van der Waals surface area contributed by atoms with Gasteiger partial charge in [0.05, 0.1) is 6.54 Å². The molecule has 0 aliphatic heterocycles. The third kappa shape index (κ3) is 3.42. The third-order valence-electron chi connectivity index (χ3n) is 2.84. The third-order valence-corrected chi connectivity index (χ3v) is 2.84. The van der Waals surface area contributed by atoms with Crippen molar-refractivity contribution in [3.8, 4) is 0 Å². The van der Waals surface area contributed by atoms with Gasteiger partial charge in [0, 0.05) is 6.07 Å². The molecule has 0 fully saturated rings. The molecule has 1 aromatic heterocycles. The Kier molecular flexibility index (Phi) is 3.97. The van der Waals surface area contributed by atoms with E-state index in [0.29, 0.717) is 18.0 Å². The van der Waals surface area contributed by atoms with Crippen molar-refractivity contribution in [3.63, 3.8) is 0 Å². The van der Waals surface area contributed by atoms with Crippen LogP contribution in [0.2, 0.25) is 0 Å². The number of amides is 1. The van der Waals surface area contributed by atoms with E-state index in [1.807, 2.05) is 31.2 Å². The fourth-order valence-corrected chi connectivity index (χ4v) is 1.71. The molecule has 1 aromatic carbocycles. The van der Waals surface area contributed by atoms with Crippen LogP contribution in [0.5, 0.6) is 0 Å². The lowest BCUT2D eigenvalue weighted by molar-refractivity contribution is -0.122. The molecular weight excluding hydrogens is 242 g/mol. The zero-order valence-electron chi connectivity index (χ0n) is 11.0. The molecule has 0 bridgehead atoms. The van der Waals surface area contributed by atoms with Crippen LogP contribution in [0.4, 0.5) is 0 Å². The number of nitrogens with two attached hydrogens (primary N) is 1. The number of aromatic nitrogens is 1. The predicted octanol–water partition coefficient (Wildman–Crippen LogP) is 1.61. The summed E-state index contributed by atoms with van der Waals surface area (Å²) in [4.78, 5) is 11.9. The molecule has 0 saturated carbocycles. The molecule has 2 aromatic rings. The summed E-state index contributed by atoms with van der Waals surface area (Å²) in [6, 6.07) is 8.69. The monoisotopic (exact) mass is 259 g/mol. The first kappa shape index (κ1) is 13.3. The summed E-state index contributed by atoms with van der Waals surface area (Å²) in [6.07, 6.45) is 0. The zero-order valence-corrected chi connectivity index (χ0v) is 11.0. The average Bonchev–Trinajstić information content (AvgIpc) is 2.82. The van der Waals surface area contributed by atoms with Crippen LogP contribution >= 0.6 is 0 Å². The Morgan fingerprint density at radius 2 is 2.05 bits per heavy atom. The summed E-state index contributed by atoms with van der Waals surface area (Å²) >= 11 is 0. The summed E-state index contributed by atoms with van der Waals surface area (Å²) in [6.45, 7) is 4.11. The molecule has 0 radical (unpaired) electrons. The minimum atomic E-state index is -0.673. The van der Waals surface area contributed by atoms with E-state index in [9.17, 15) is 4.79 Å². The van der Waals surface area contributed by atoms with Crippen molar-refractivity contribution in [3.05, 3.63) is 52.9 Å². The first-order valence-corrected chi connectivity index (χ1v) is 6.08. The Morgan fingerprint density at radius 1 is 1.37 bits per heavy atom. The van der Waals surface area contributed by atoms with Gasteiger partial charge in [0.2, 0.25) is 5.91 Å². The first-order valence-electron chi connectivity index (χ1n) is 6.08. The largest absolute Gasteiger partial charge is 0.361 e. The van der Waals surface area contributed by atoms with Gasteiger partial charge in [0.25, 0.3) is 0 Å². The summed E-state index contributed by atoms with van der Waals surface area (Å²) in [5, 5.41) is 6.54. The van der Waals surface area contributed by atoms with E-state index in [-0.39, 0.29) is 5.91 Å². The standard InChI is InChI=1S/C14H17N3O2/c1-9-3-5-11(6-4-9)13(15)14(18)16-8-12-7-10(2)19-17-12/h3-7,13H,8,15H2,1-2H3,(H,16,18). The van der Waals surface area contributed by atoms with Crippen LogP contribution in [0.15, 0.2) is 34.9 Å². The van der Waals surface area contributed by atoms with Crippen molar-refractivity contribution in [2.45, 2.75) is 26.4 Å². The molecule has 100 valence electrons. The Balaban J connectivity index is 1.94. The first-order chi connectivity index (χ1) is 9.06. The SMILES string of the molecule is Cc1ccc(C(N)C(=O)NCc2cc(C)on2)cc1. The topological polar surface area (TPSA) is 81.2 Å². The lowest BCUT2D eigenvalue weighted by Gasteiger charge is -2.12. The van der Waals surface area contributed by atoms with Crippen LogP contribution in [-0.2, 0) is 11.3 Å². The molecule has 5 nitrogen and oxygen atoms in total. The van der Waals surface area contributed by atoms with Gasteiger partial charge in [-0.15, -0.1) is 0 Å². The molecule has 5 heteroatoms. The maximum absolute atomic E-state index is 11.9. The molecular formula is C14H17N3O2. The van der Waals surface area contributed by atoms with Crippen molar-refractivity contribution < 1.29 is 9.32 Å². The Bertz CT molecular complexity index is 560. The highest BCUT2D eigenvalue weighted by Crippen LogP contribution is 2.11. The van der Waals surface area contributed by atoms with Gasteiger partial charge in [0.15, 0.2) is 0 Å². The van der Waals surface area contributed by atoms with E-state index in [1.54, 1.807) is 13.0 Å². The molecule has 1 unspecified atom stereocenters. The van der Waals surface area contributed by atoms with Gasteiger partial charge in [-0.05, 0) is 19.4 Å². The Hall–Kier alpha value is -2.14. The molecule has 1 atom stereocenters. The number of hydrogen-bond acceptors (Lipinski definition) is 4. The number of nitrogens with zero attached hydrogens (tertiary/aromatic N) is 1. The normalized spacial score (nSPS) is 12.2. The summed E-state index contributed by atoms with van der Waals surface area (Å²) < 4.78 is 4.92. The highest BCUT2D eigenvalue weighted by molar-refractivity contribution is 5.82. The molecule has 1 amide bonds. The summed E-state index contributed by atoms with van der Waals surface area (Å²) in [5.41, 5.74) is 8.51. The summed E-state index contributed by atoms with van der Waals surface area (Å²) in [5.74, 6) is 0.483. The second-order valence-electron chi connectivity index (χ2n) is 4.54. The van der Waals surface area contributed by atoms with Crippen LogP contribution in [0, 0.1) is 13.8 Å². The highest BCUT2D eigenvalue weighted by atomic mass is 16.5. The number of hydrogen-bond donors (Lipinski definition) is 2. The number of benzene rings is 1. The van der Waals surface area contributed by atoms with Crippen LogP contribution < -0.4 is 11.1 Å². The quantitative estimate of drug-likeness (QED) is 0.874. The van der Waals surface area contributed by atoms with Gasteiger partial charge in [-0.25, -0.2) is 0 Å². The Labute approximate surface area is 111 Å². The highest BCUT2D eigenvalue weighted by Gasteiger charge is 2.15. The maximum atomic E-state index is 11.9. The van der Waals surface area contributed by atoms with Crippen molar-refractivity contribution in [2.24, 2.45) is 5.73 Å². The van der Waals surface area contributed by atoms with E-state index < -0.39 is 6.04 Å². The van der Waals surface area contributed by atoms with E-state index in [4.69, 9.17) is 10.3 Å². The van der Waals surface area contributed by atoms with Crippen LogP contribution in [0.25, 0.3) is 0 Å². The Morgan fingerprint density at radius 3 is 2.63 bits per heavy atom. The van der Waals surface area contributed by atoms with Crippen molar-refractivity contribution >= 4 is 5.91 Å². The van der Waals surface area contributed by atoms with Gasteiger partial charge in [-0.3, -0.25) is 4.79 Å². The van der Waals surface area contributed by atoms with Crippen LogP contribution in [-0.4, -0.2) is 11.1 Å². The van der Waals surface area contributed by atoms with Crippen molar-refractivity contribution in [1.82, 2.24) is 10.5 Å². The second kappa shape index (κ2) is 5.67. The zero-order chi connectivity index (χ0) is 13.8. The predicted molar refractivity (Wildman–Crippen MR) is 71.2 cm³/mol. The van der Waals surface area contributed by atoms with Gasteiger partial charge >= 0.3 is 0 Å². The lowest BCUT2D eigenvalue weighted by Crippen LogP contribution is -2.33. The molecule has 0 saturated heterocycles. The second-order valence-corrected chi connectivity index (χ2v) is 4.54. The van der Waals surface area contributed by atoms with Gasteiger partial charge in [-0.1, -0.05) is 35.0 Å². The van der Waals surface area contributed by atoms with Crippen molar-refractivity contribution in [2.75, 3.05) is 0 Å². The van der Waals surface area contributed by atoms with Crippen LogP contribution in [0.3, 0.4) is 0 Å². The molecule has 1 heterocycles. The van der Waals surface area contributed by atoms with Crippen LogP contribution in [0.1, 0.15) is 28.6 Å². The van der Waals surface area contributed by atoms with Crippen molar-refractivity contribution in [1.29, 1.82) is 0 Å². The number of carbonyl (C=O) groups is 1. The van der Waals surface area contributed by atoms with Gasteiger partial charge in [0.1, 0.15) is 17.5 Å². The van der Waals surface area contributed by atoms with E-state index in [0.717, 1.165) is 11.1 Å². The molecule has 3 N–H and O–H groups in total. The fourth-order valence-electron chi connectivity index (χ4n) is 1.71.